The summed E-state index contributed by atoms with van der Waals surface area (Å²) in [5.41, 5.74) is -6.13. The van der Waals surface area contributed by atoms with Crippen LogP contribution in [0.3, 0.4) is 0 Å². The zero-order chi connectivity index (χ0) is 19.0. The molecule has 0 spiro atoms. The fraction of sp³-hybridized carbons (Fsp3) is 0.231. The molecule has 0 radical (unpaired) electrons. The molecule has 0 heterocycles. The van der Waals surface area contributed by atoms with Gasteiger partial charge in [-0.1, -0.05) is 0 Å². The molecule has 0 bridgehead atoms. The minimum atomic E-state index is -5.95. The number of hydrogen-bond donors (Lipinski definition) is 0. The van der Waals surface area contributed by atoms with Gasteiger partial charge in [-0.05, 0) is 18.2 Å². The van der Waals surface area contributed by atoms with Gasteiger partial charge in [-0.25, -0.2) is 0 Å². The van der Waals surface area contributed by atoms with Crippen molar-refractivity contribution >= 4 is 26.6 Å². The number of rotatable bonds is 5. The van der Waals surface area contributed by atoms with Crippen LogP contribution in [0.2, 0.25) is 0 Å². The van der Waals surface area contributed by atoms with E-state index in [0.717, 1.165) is 24.3 Å². The van der Waals surface area contributed by atoms with E-state index in [4.69, 9.17) is 9.47 Å². The lowest BCUT2D eigenvalue weighted by molar-refractivity contribution is -0.383. The first-order chi connectivity index (χ1) is 11.5. The number of halogens is 3. The Morgan fingerprint density at radius 1 is 1.00 bits per heavy atom. The largest absolute Gasteiger partial charge is 0.534 e. The summed E-state index contributed by atoms with van der Waals surface area (Å²) in [7, 11) is -3.47. The van der Waals surface area contributed by atoms with Crippen LogP contribution in [0, 0.1) is 10.1 Å². The molecule has 0 aliphatic carbocycles. The van der Waals surface area contributed by atoms with Crippen LogP contribution in [0.5, 0.6) is 17.2 Å². The van der Waals surface area contributed by atoms with Gasteiger partial charge in [-0.2, -0.15) is 21.6 Å². The molecular weight excluding hydrogens is 371 g/mol. The molecule has 136 valence electrons. The van der Waals surface area contributed by atoms with Crippen LogP contribution < -0.4 is 13.7 Å². The van der Waals surface area contributed by atoms with Crippen molar-refractivity contribution in [2.45, 2.75) is 5.51 Å². The number of methoxy groups -OCH3 is 2. The number of hydrogen-bond acceptors (Lipinski definition) is 7. The van der Waals surface area contributed by atoms with E-state index in [0.29, 0.717) is 0 Å². The number of ether oxygens (including phenoxy) is 2. The lowest BCUT2D eigenvalue weighted by Crippen LogP contribution is -2.28. The molecule has 0 amide bonds. The minimum absolute atomic E-state index is 0.0183. The van der Waals surface area contributed by atoms with Crippen molar-refractivity contribution < 1.29 is 40.2 Å². The Morgan fingerprint density at radius 3 is 1.96 bits per heavy atom. The van der Waals surface area contributed by atoms with E-state index in [1.165, 1.54) is 14.2 Å². The van der Waals surface area contributed by atoms with E-state index in [1.807, 2.05) is 0 Å². The highest BCUT2D eigenvalue weighted by Crippen LogP contribution is 2.41. The Bertz CT molecular complexity index is 941. The summed E-state index contributed by atoms with van der Waals surface area (Å²) in [6.45, 7) is 0. The Balaban J connectivity index is 2.79. The molecule has 0 atom stereocenters. The molecule has 8 nitrogen and oxygen atoms in total. The Kier molecular flexibility index (Phi) is 4.66. The molecule has 0 N–H and O–H groups in total. The number of non-ortho nitro benzene ring substituents is 1. The molecule has 12 heteroatoms. The second-order valence-corrected chi connectivity index (χ2v) is 6.11. The molecule has 0 aliphatic rings. The average Bonchev–Trinajstić information content (AvgIpc) is 2.52. The summed E-state index contributed by atoms with van der Waals surface area (Å²) in [4.78, 5) is 10.3. The van der Waals surface area contributed by atoms with E-state index in [9.17, 15) is 31.7 Å². The maximum Gasteiger partial charge on any atom is 0.534 e. The van der Waals surface area contributed by atoms with Gasteiger partial charge in [0.2, 0.25) is 0 Å². The predicted octanol–water partition coefficient (Wildman–Crippen LogP) is 2.99. The van der Waals surface area contributed by atoms with E-state index in [2.05, 4.69) is 4.18 Å². The normalized spacial score (nSPS) is 12.0. The number of alkyl halides is 3. The van der Waals surface area contributed by atoms with Crippen molar-refractivity contribution in [2.24, 2.45) is 0 Å². The van der Waals surface area contributed by atoms with Gasteiger partial charge in [0.05, 0.1) is 24.5 Å². The molecule has 0 fully saturated rings. The van der Waals surface area contributed by atoms with Crippen LogP contribution in [0.15, 0.2) is 24.3 Å². The summed E-state index contributed by atoms with van der Waals surface area (Å²) in [6.07, 6.45) is 0. The summed E-state index contributed by atoms with van der Waals surface area (Å²) in [6, 6.07) is 3.81. The van der Waals surface area contributed by atoms with Gasteiger partial charge in [0.15, 0.2) is 17.2 Å². The molecular formula is C13H10F3NO7S. The van der Waals surface area contributed by atoms with Crippen molar-refractivity contribution in [3.63, 3.8) is 0 Å². The highest BCUT2D eigenvalue weighted by atomic mass is 32.2. The molecule has 2 aromatic carbocycles. The van der Waals surface area contributed by atoms with Gasteiger partial charge in [-0.3, -0.25) is 10.1 Å². The second-order valence-electron chi connectivity index (χ2n) is 4.58. The predicted molar refractivity (Wildman–Crippen MR) is 79.3 cm³/mol. The van der Waals surface area contributed by atoms with Crippen LogP contribution >= 0.6 is 0 Å². The van der Waals surface area contributed by atoms with Gasteiger partial charge in [0.25, 0.3) is 5.69 Å². The number of nitro groups is 1. The molecule has 2 aromatic rings. The average molecular weight is 381 g/mol. The lowest BCUT2D eigenvalue weighted by atomic mass is 10.1. The molecule has 0 saturated heterocycles. The monoisotopic (exact) mass is 381 g/mol. The highest BCUT2D eigenvalue weighted by molar-refractivity contribution is 7.88. The first-order valence-electron chi connectivity index (χ1n) is 6.35. The van der Waals surface area contributed by atoms with Gasteiger partial charge >= 0.3 is 15.6 Å². The standard InChI is InChI=1S/C13H10F3NO7S/c1-22-11-5-7-8(6-12(11)23-2)10(4-3-9(7)17(18)19)24-25(20,21)13(14,15)16/h3-6H,1-2H3. The molecule has 25 heavy (non-hydrogen) atoms. The van der Waals surface area contributed by atoms with Crippen molar-refractivity contribution in [2.75, 3.05) is 14.2 Å². The number of benzene rings is 2. The van der Waals surface area contributed by atoms with Gasteiger partial charge in [-0.15, -0.1) is 0 Å². The third-order valence-corrected chi connectivity index (χ3v) is 4.10. The molecule has 2 rings (SSSR count). The zero-order valence-corrected chi connectivity index (χ0v) is 13.5. The second kappa shape index (κ2) is 6.27. The van der Waals surface area contributed by atoms with Crippen LogP contribution in [-0.2, 0) is 10.1 Å². The SMILES string of the molecule is COc1cc2c(OS(=O)(=O)C(F)(F)F)ccc([N+](=O)[O-])c2cc1OC. The quantitative estimate of drug-likeness (QED) is 0.339. The maximum atomic E-state index is 12.5. The summed E-state index contributed by atoms with van der Waals surface area (Å²) < 4.78 is 74.1. The first-order valence-corrected chi connectivity index (χ1v) is 7.76. The van der Waals surface area contributed by atoms with Crippen molar-refractivity contribution in [1.82, 2.24) is 0 Å². The third-order valence-electron chi connectivity index (χ3n) is 3.14. The first kappa shape index (κ1) is 18.6. The van der Waals surface area contributed by atoms with Crippen LogP contribution in [0.25, 0.3) is 10.8 Å². The van der Waals surface area contributed by atoms with E-state index in [-0.39, 0.29) is 22.3 Å². The smallest absolute Gasteiger partial charge is 0.493 e. The Morgan fingerprint density at radius 2 is 1.52 bits per heavy atom. The topological polar surface area (TPSA) is 105 Å². The van der Waals surface area contributed by atoms with Gasteiger partial charge in [0, 0.05) is 11.5 Å². The van der Waals surface area contributed by atoms with E-state index < -0.39 is 32.0 Å². The molecule has 0 aromatic heterocycles. The number of fused-ring (bicyclic) bond motifs is 1. The fourth-order valence-electron chi connectivity index (χ4n) is 2.03. The summed E-state index contributed by atoms with van der Waals surface area (Å²) in [5.74, 6) is -0.655. The van der Waals surface area contributed by atoms with Gasteiger partial charge in [0.1, 0.15) is 0 Å². The zero-order valence-electron chi connectivity index (χ0n) is 12.7. The number of nitro benzene ring substituents is 1. The summed E-state index contributed by atoms with van der Waals surface area (Å²) >= 11 is 0. The maximum absolute atomic E-state index is 12.5. The van der Waals surface area contributed by atoms with Crippen LogP contribution in [0.4, 0.5) is 18.9 Å². The van der Waals surface area contributed by atoms with Gasteiger partial charge < -0.3 is 13.7 Å². The third kappa shape index (κ3) is 3.38. The summed E-state index contributed by atoms with van der Waals surface area (Å²) in [5, 5.41) is 10.7. The molecule has 0 aliphatic heterocycles. The Labute approximate surface area is 139 Å². The van der Waals surface area contributed by atoms with Crippen molar-refractivity contribution in [3.8, 4) is 17.2 Å². The van der Waals surface area contributed by atoms with Crippen molar-refractivity contribution in [1.29, 1.82) is 0 Å². The fourth-order valence-corrected chi connectivity index (χ4v) is 2.50. The highest BCUT2D eigenvalue weighted by Gasteiger charge is 2.48. The lowest BCUT2D eigenvalue weighted by Gasteiger charge is -2.14. The number of nitrogens with zero attached hydrogens (tertiary/aromatic N) is 1. The van der Waals surface area contributed by atoms with Crippen LogP contribution in [-0.4, -0.2) is 33.1 Å². The van der Waals surface area contributed by atoms with E-state index in [1.54, 1.807) is 0 Å². The molecule has 0 saturated carbocycles. The Hall–Kier alpha value is -2.76. The van der Waals surface area contributed by atoms with Crippen LogP contribution in [0.1, 0.15) is 0 Å². The van der Waals surface area contributed by atoms with E-state index >= 15 is 0 Å². The molecule has 0 unspecified atom stereocenters. The van der Waals surface area contributed by atoms with Crippen molar-refractivity contribution in [3.05, 3.63) is 34.4 Å². The minimum Gasteiger partial charge on any atom is -0.493 e.